The van der Waals surface area contributed by atoms with Gasteiger partial charge in [0.2, 0.25) is 0 Å². The number of benzene rings is 1. The molecule has 0 radical (unpaired) electrons. The van der Waals surface area contributed by atoms with Gasteiger partial charge in [0.25, 0.3) is 5.91 Å². The van der Waals surface area contributed by atoms with Crippen molar-refractivity contribution in [3.8, 4) is 5.69 Å². The third-order valence-corrected chi connectivity index (χ3v) is 5.62. The lowest BCUT2D eigenvalue weighted by molar-refractivity contribution is 0.0698. The van der Waals surface area contributed by atoms with Crippen LogP contribution in [0.2, 0.25) is 0 Å². The third kappa shape index (κ3) is 3.04. The summed E-state index contributed by atoms with van der Waals surface area (Å²) in [6, 6.07) is 11.4. The Hall–Kier alpha value is -3.16. The first kappa shape index (κ1) is 17.0. The molecule has 1 amide bonds. The summed E-state index contributed by atoms with van der Waals surface area (Å²) in [5.41, 5.74) is 2.05. The highest BCUT2D eigenvalue weighted by Crippen LogP contribution is 2.39. The monoisotopic (exact) mass is 378 g/mol. The Kier molecular flexibility index (Phi) is 4.11. The Balaban J connectivity index is 1.39. The lowest BCUT2D eigenvalue weighted by Gasteiger charge is -2.31. The van der Waals surface area contributed by atoms with E-state index in [4.69, 9.17) is 0 Å². The number of piperidine rings is 1. The molecule has 144 valence electrons. The molecule has 0 bridgehead atoms. The summed E-state index contributed by atoms with van der Waals surface area (Å²) in [7, 11) is 0. The first-order valence-electron chi connectivity index (χ1n) is 9.78. The van der Waals surface area contributed by atoms with E-state index in [1.165, 1.54) is 0 Å². The highest BCUT2D eigenvalue weighted by atomic mass is 16.2. The molecule has 8 nitrogen and oxygen atoms in total. The Morgan fingerprint density at radius 2 is 1.86 bits per heavy atom. The summed E-state index contributed by atoms with van der Waals surface area (Å²) in [5.74, 6) is 1.15. The number of rotatable bonds is 4. The summed E-state index contributed by atoms with van der Waals surface area (Å²) >= 11 is 0. The van der Waals surface area contributed by atoms with Crippen molar-refractivity contribution in [3.05, 3.63) is 64.1 Å². The van der Waals surface area contributed by atoms with Crippen molar-refractivity contribution in [2.45, 2.75) is 37.5 Å². The summed E-state index contributed by atoms with van der Waals surface area (Å²) in [5, 5.41) is 14.1. The van der Waals surface area contributed by atoms with E-state index in [0.717, 1.165) is 37.1 Å². The topological polar surface area (TPSA) is 99.7 Å². The standard InChI is InChI=1S/C20H22N6O2/c27-19(17-11-16(21-22-17)13-8-9-13)25-10-4-5-14(12-25)18-23-24-20(28)26(18)15-6-2-1-3-7-15/h1-3,6-7,11,13-14H,4-5,8-10,12H2,(H,21,22)(H,24,28)/t14-/m1/s1. The Morgan fingerprint density at radius 3 is 2.64 bits per heavy atom. The molecule has 0 spiro atoms. The van der Waals surface area contributed by atoms with Crippen LogP contribution in [0, 0.1) is 0 Å². The molecule has 3 heterocycles. The minimum absolute atomic E-state index is 0.00120. The number of carbonyl (C=O) groups is 1. The van der Waals surface area contributed by atoms with E-state index in [2.05, 4.69) is 20.4 Å². The normalized spacial score (nSPS) is 19.7. The molecule has 3 aromatic rings. The second-order valence-corrected chi connectivity index (χ2v) is 7.63. The maximum atomic E-state index is 12.9. The SMILES string of the molecule is O=C(c1cc(C2CC2)[nH]n1)N1CCC[C@@H](c2n[nH]c(=O)n2-c2ccccc2)C1. The van der Waals surface area contributed by atoms with E-state index >= 15 is 0 Å². The maximum absolute atomic E-state index is 12.9. The smallest absolute Gasteiger partial charge is 0.337 e. The van der Waals surface area contributed by atoms with Crippen LogP contribution in [0.5, 0.6) is 0 Å². The Bertz CT molecular complexity index is 1050. The molecule has 2 aromatic heterocycles. The Morgan fingerprint density at radius 1 is 1.04 bits per heavy atom. The average molecular weight is 378 g/mol. The minimum Gasteiger partial charge on any atom is -0.337 e. The molecule has 2 N–H and O–H groups in total. The van der Waals surface area contributed by atoms with Gasteiger partial charge in [0, 0.05) is 30.6 Å². The summed E-state index contributed by atoms with van der Waals surface area (Å²) in [6.45, 7) is 1.22. The van der Waals surface area contributed by atoms with Crippen molar-refractivity contribution in [1.29, 1.82) is 0 Å². The number of hydrogen-bond acceptors (Lipinski definition) is 4. The van der Waals surface area contributed by atoms with E-state index in [9.17, 15) is 9.59 Å². The molecule has 1 aliphatic carbocycles. The van der Waals surface area contributed by atoms with Crippen molar-refractivity contribution in [2.24, 2.45) is 0 Å². The molecule has 2 fully saturated rings. The van der Waals surface area contributed by atoms with E-state index < -0.39 is 0 Å². The molecular formula is C20H22N6O2. The second-order valence-electron chi connectivity index (χ2n) is 7.63. The van der Waals surface area contributed by atoms with Crippen molar-refractivity contribution in [2.75, 3.05) is 13.1 Å². The van der Waals surface area contributed by atoms with Crippen molar-refractivity contribution >= 4 is 5.91 Å². The highest BCUT2D eigenvalue weighted by molar-refractivity contribution is 5.92. The predicted octanol–water partition coefficient (Wildman–Crippen LogP) is 2.18. The summed E-state index contributed by atoms with van der Waals surface area (Å²) in [4.78, 5) is 27.1. The van der Waals surface area contributed by atoms with Gasteiger partial charge in [-0.25, -0.2) is 14.5 Å². The molecule has 1 aliphatic heterocycles. The number of nitrogens with one attached hydrogen (secondary N) is 2. The zero-order chi connectivity index (χ0) is 19.1. The number of aromatic amines is 2. The number of carbonyl (C=O) groups excluding carboxylic acids is 1. The molecule has 2 aliphatic rings. The van der Waals surface area contributed by atoms with Crippen LogP contribution >= 0.6 is 0 Å². The van der Waals surface area contributed by atoms with Gasteiger partial charge in [-0.05, 0) is 43.9 Å². The number of para-hydroxylation sites is 1. The number of H-pyrrole nitrogens is 2. The quantitative estimate of drug-likeness (QED) is 0.727. The molecule has 8 heteroatoms. The van der Waals surface area contributed by atoms with Crippen LogP contribution in [0.3, 0.4) is 0 Å². The third-order valence-electron chi connectivity index (χ3n) is 5.62. The van der Waals surface area contributed by atoms with Crippen LogP contribution in [0.25, 0.3) is 5.69 Å². The van der Waals surface area contributed by atoms with Crippen LogP contribution in [-0.4, -0.2) is 48.9 Å². The van der Waals surface area contributed by atoms with E-state index in [1.54, 1.807) is 4.57 Å². The first-order valence-corrected chi connectivity index (χ1v) is 9.78. The van der Waals surface area contributed by atoms with Crippen LogP contribution < -0.4 is 5.69 Å². The average Bonchev–Trinajstić information content (AvgIpc) is 3.34. The van der Waals surface area contributed by atoms with Gasteiger partial charge in [-0.2, -0.15) is 10.2 Å². The van der Waals surface area contributed by atoms with Gasteiger partial charge in [0.1, 0.15) is 11.5 Å². The predicted molar refractivity (Wildman–Crippen MR) is 103 cm³/mol. The number of nitrogens with zero attached hydrogens (tertiary/aromatic N) is 4. The van der Waals surface area contributed by atoms with Gasteiger partial charge in [-0.15, -0.1) is 0 Å². The van der Waals surface area contributed by atoms with Gasteiger partial charge in [0.05, 0.1) is 5.69 Å². The minimum atomic E-state index is -0.258. The van der Waals surface area contributed by atoms with Crippen molar-refractivity contribution in [1.82, 2.24) is 29.9 Å². The van der Waals surface area contributed by atoms with Gasteiger partial charge in [-0.3, -0.25) is 9.89 Å². The fourth-order valence-corrected chi connectivity index (χ4v) is 3.99. The molecule has 1 saturated heterocycles. The summed E-state index contributed by atoms with van der Waals surface area (Å²) in [6.07, 6.45) is 4.08. The zero-order valence-corrected chi connectivity index (χ0v) is 15.5. The van der Waals surface area contributed by atoms with E-state index in [0.29, 0.717) is 30.5 Å². The number of amides is 1. The van der Waals surface area contributed by atoms with E-state index in [1.807, 2.05) is 41.3 Å². The molecule has 1 saturated carbocycles. The Labute approximate surface area is 161 Å². The van der Waals surface area contributed by atoms with Crippen LogP contribution in [0.1, 0.15) is 59.5 Å². The second kappa shape index (κ2) is 6.78. The number of likely N-dealkylation sites (tertiary alicyclic amines) is 1. The molecule has 1 aromatic carbocycles. The van der Waals surface area contributed by atoms with Gasteiger partial charge < -0.3 is 4.90 Å². The lowest BCUT2D eigenvalue weighted by Crippen LogP contribution is -2.40. The fraction of sp³-hybridized carbons (Fsp3) is 0.400. The van der Waals surface area contributed by atoms with Gasteiger partial charge >= 0.3 is 5.69 Å². The first-order chi connectivity index (χ1) is 13.7. The van der Waals surface area contributed by atoms with Gasteiger partial charge in [0.15, 0.2) is 0 Å². The largest absolute Gasteiger partial charge is 0.347 e. The van der Waals surface area contributed by atoms with Crippen LogP contribution in [-0.2, 0) is 0 Å². The maximum Gasteiger partial charge on any atom is 0.347 e. The molecule has 28 heavy (non-hydrogen) atoms. The fourth-order valence-electron chi connectivity index (χ4n) is 3.99. The number of aromatic nitrogens is 5. The molecular weight excluding hydrogens is 356 g/mol. The van der Waals surface area contributed by atoms with Crippen LogP contribution in [0.4, 0.5) is 0 Å². The molecule has 5 rings (SSSR count). The number of hydrogen-bond donors (Lipinski definition) is 2. The van der Waals surface area contributed by atoms with E-state index in [-0.39, 0.29) is 17.5 Å². The van der Waals surface area contributed by atoms with Crippen molar-refractivity contribution < 1.29 is 4.79 Å². The molecule has 0 unspecified atom stereocenters. The van der Waals surface area contributed by atoms with Crippen molar-refractivity contribution in [3.63, 3.8) is 0 Å². The van der Waals surface area contributed by atoms with Crippen LogP contribution in [0.15, 0.2) is 41.2 Å². The molecule has 1 atom stereocenters. The zero-order valence-electron chi connectivity index (χ0n) is 15.5. The lowest BCUT2D eigenvalue weighted by atomic mass is 9.96. The highest BCUT2D eigenvalue weighted by Gasteiger charge is 2.32. The van der Waals surface area contributed by atoms with Gasteiger partial charge in [-0.1, -0.05) is 18.2 Å². The summed E-state index contributed by atoms with van der Waals surface area (Å²) < 4.78 is 1.61.